The van der Waals surface area contributed by atoms with Crippen LogP contribution in [0.5, 0.6) is 17.2 Å². The number of carbonyl (C=O) groups excluding carboxylic acids is 1. The van der Waals surface area contributed by atoms with Crippen LogP contribution >= 0.6 is 11.6 Å². The van der Waals surface area contributed by atoms with Gasteiger partial charge in [0.1, 0.15) is 28.9 Å². The van der Waals surface area contributed by atoms with Gasteiger partial charge in [0.2, 0.25) is 5.43 Å². The van der Waals surface area contributed by atoms with Gasteiger partial charge in [-0.05, 0) is 19.1 Å². The molecule has 0 radical (unpaired) electrons. The number of halogens is 1. The summed E-state index contributed by atoms with van der Waals surface area (Å²) in [4.78, 5) is 26.1. The van der Waals surface area contributed by atoms with E-state index in [1.165, 1.54) is 14.2 Å². The predicted octanol–water partition coefficient (Wildman–Crippen LogP) is 3.71. The number of rotatable bonds is 4. The molecule has 0 spiro atoms. The lowest BCUT2D eigenvalue weighted by molar-refractivity contribution is 0.102. The number of amides is 1. The minimum Gasteiger partial charge on any atom is -0.497 e. The number of aromatic nitrogens is 1. The Kier molecular flexibility index (Phi) is 4.84. The monoisotopic (exact) mass is 414 g/mol. The van der Waals surface area contributed by atoms with Crippen LogP contribution < -0.4 is 25.0 Å². The first-order valence-electron chi connectivity index (χ1n) is 8.98. The highest BCUT2D eigenvalue weighted by Gasteiger charge is 2.24. The van der Waals surface area contributed by atoms with E-state index in [2.05, 4.69) is 5.32 Å². The second-order valence-electron chi connectivity index (χ2n) is 6.78. The molecule has 1 atom stereocenters. The van der Waals surface area contributed by atoms with Crippen molar-refractivity contribution in [1.82, 2.24) is 4.57 Å². The molecule has 29 heavy (non-hydrogen) atoms. The van der Waals surface area contributed by atoms with Gasteiger partial charge in [-0.2, -0.15) is 0 Å². The molecule has 2 aromatic carbocycles. The number of hydrogen-bond acceptors (Lipinski definition) is 5. The molecule has 3 aromatic rings. The van der Waals surface area contributed by atoms with Crippen LogP contribution in [0.2, 0.25) is 5.02 Å². The van der Waals surface area contributed by atoms with Gasteiger partial charge in [-0.25, -0.2) is 0 Å². The van der Waals surface area contributed by atoms with E-state index in [1.807, 2.05) is 11.5 Å². The third kappa shape index (κ3) is 3.38. The Morgan fingerprint density at radius 3 is 2.55 bits per heavy atom. The van der Waals surface area contributed by atoms with Crippen LogP contribution in [0.4, 0.5) is 5.69 Å². The smallest absolute Gasteiger partial charge is 0.261 e. The van der Waals surface area contributed by atoms with Crippen LogP contribution in [-0.4, -0.2) is 30.8 Å². The van der Waals surface area contributed by atoms with Gasteiger partial charge in [-0.15, -0.1) is 0 Å². The van der Waals surface area contributed by atoms with Crippen molar-refractivity contribution in [1.29, 1.82) is 0 Å². The zero-order valence-electron chi connectivity index (χ0n) is 16.1. The number of nitrogens with one attached hydrogen (secondary N) is 1. The molecule has 0 saturated carbocycles. The number of anilines is 1. The van der Waals surface area contributed by atoms with Crippen molar-refractivity contribution >= 4 is 34.1 Å². The van der Waals surface area contributed by atoms with Crippen LogP contribution in [-0.2, 0) is 6.54 Å². The van der Waals surface area contributed by atoms with E-state index in [1.54, 1.807) is 36.5 Å². The molecule has 7 nitrogen and oxygen atoms in total. The highest BCUT2D eigenvalue weighted by Crippen LogP contribution is 2.33. The molecule has 1 amide bonds. The number of carbonyl (C=O) groups is 1. The Bertz CT molecular complexity index is 1170. The zero-order valence-corrected chi connectivity index (χ0v) is 16.9. The fraction of sp³-hybridized carbons (Fsp3) is 0.238. The van der Waals surface area contributed by atoms with Crippen molar-refractivity contribution in [2.24, 2.45) is 0 Å². The van der Waals surface area contributed by atoms with Crippen LogP contribution in [0.15, 0.2) is 41.3 Å². The summed E-state index contributed by atoms with van der Waals surface area (Å²) in [6.07, 6.45) is 1.45. The highest BCUT2D eigenvalue weighted by molar-refractivity contribution is 6.35. The molecule has 0 fully saturated rings. The Morgan fingerprint density at radius 1 is 1.21 bits per heavy atom. The lowest BCUT2D eigenvalue weighted by atomic mass is 10.1. The number of ether oxygens (including phenoxy) is 3. The van der Waals surface area contributed by atoms with Crippen molar-refractivity contribution in [3.63, 3.8) is 0 Å². The molecule has 0 bridgehead atoms. The maximum Gasteiger partial charge on any atom is 0.261 e. The summed E-state index contributed by atoms with van der Waals surface area (Å²) in [5.74, 6) is 1.06. The van der Waals surface area contributed by atoms with E-state index in [0.717, 1.165) is 0 Å². The fourth-order valence-corrected chi connectivity index (χ4v) is 3.71. The number of benzene rings is 2. The van der Waals surface area contributed by atoms with Gasteiger partial charge in [-0.3, -0.25) is 9.59 Å². The molecule has 4 rings (SSSR count). The van der Waals surface area contributed by atoms with E-state index in [9.17, 15) is 9.59 Å². The number of methoxy groups -OCH3 is 2. The zero-order chi connectivity index (χ0) is 20.7. The molecule has 8 heteroatoms. The molecule has 2 heterocycles. The molecule has 0 aliphatic carbocycles. The molecular formula is C21H19ClN2O5. The molecule has 1 aliphatic heterocycles. The number of pyridine rings is 1. The third-order valence-corrected chi connectivity index (χ3v) is 5.08. The molecule has 1 N–H and O–H groups in total. The van der Waals surface area contributed by atoms with E-state index in [-0.39, 0.29) is 22.1 Å². The largest absolute Gasteiger partial charge is 0.497 e. The third-order valence-electron chi connectivity index (χ3n) is 4.77. The molecule has 0 saturated heterocycles. The van der Waals surface area contributed by atoms with Gasteiger partial charge in [0.05, 0.1) is 36.7 Å². The minimum absolute atomic E-state index is 0.00700. The van der Waals surface area contributed by atoms with Crippen LogP contribution in [0, 0.1) is 0 Å². The van der Waals surface area contributed by atoms with Gasteiger partial charge >= 0.3 is 0 Å². The molecule has 0 unspecified atom stereocenters. The van der Waals surface area contributed by atoms with Crippen LogP contribution in [0.3, 0.4) is 0 Å². The second kappa shape index (κ2) is 7.33. The maximum absolute atomic E-state index is 13.1. The Hall–Kier alpha value is -3.19. The lowest BCUT2D eigenvalue weighted by Crippen LogP contribution is -2.30. The lowest BCUT2D eigenvalue weighted by Gasteiger charge is -2.26. The van der Waals surface area contributed by atoms with Crippen molar-refractivity contribution < 1.29 is 19.0 Å². The first kappa shape index (κ1) is 19.1. The van der Waals surface area contributed by atoms with Gasteiger partial charge in [0.25, 0.3) is 5.91 Å². The van der Waals surface area contributed by atoms with Crippen molar-refractivity contribution in [2.45, 2.75) is 19.6 Å². The highest BCUT2D eigenvalue weighted by atomic mass is 35.5. The Labute approximate surface area is 171 Å². The van der Waals surface area contributed by atoms with Crippen molar-refractivity contribution in [2.75, 3.05) is 19.5 Å². The summed E-state index contributed by atoms with van der Waals surface area (Å²) in [5, 5.41) is 3.29. The average molecular weight is 415 g/mol. The Balaban J connectivity index is 1.81. The van der Waals surface area contributed by atoms with Crippen molar-refractivity contribution in [3.05, 3.63) is 57.3 Å². The molecular weight excluding hydrogens is 396 g/mol. The van der Waals surface area contributed by atoms with Crippen LogP contribution in [0.25, 0.3) is 10.9 Å². The van der Waals surface area contributed by atoms with E-state index in [4.69, 9.17) is 25.8 Å². The Morgan fingerprint density at radius 2 is 1.90 bits per heavy atom. The first-order chi connectivity index (χ1) is 13.9. The summed E-state index contributed by atoms with van der Waals surface area (Å²) in [6.45, 7) is 2.42. The van der Waals surface area contributed by atoms with Gasteiger partial charge in [-0.1, -0.05) is 11.6 Å². The van der Waals surface area contributed by atoms with Crippen molar-refractivity contribution in [3.8, 4) is 17.2 Å². The van der Waals surface area contributed by atoms with E-state index >= 15 is 0 Å². The SMILES string of the molecule is COc1cc(NC(=O)c2cn3c4c(ccc(Cl)c4c2=O)O[C@H](C)C3)cc(OC)c1. The second-order valence-corrected chi connectivity index (χ2v) is 7.18. The topological polar surface area (TPSA) is 78.8 Å². The molecule has 150 valence electrons. The summed E-state index contributed by atoms with van der Waals surface area (Å²) in [7, 11) is 3.04. The standard InChI is InChI=1S/C21H19ClN2O5/c1-11-9-24-10-15(20(25)18-16(22)4-5-17(29-11)19(18)24)21(26)23-12-6-13(27-2)8-14(7-12)28-3/h4-8,10-11H,9H2,1-3H3,(H,23,26)/t11-/m1/s1. The van der Waals surface area contributed by atoms with Crippen LogP contribution in [0.1, 0.15) is 17.3 Å². The first-order valence-corrected chi connectivity index (χ1v) is 9.35. The fourth-order valence-electron chi connectivity index (χ4n) is 3.47. The normalized spacial score (nSPS) is 15.0. The molecule has 1 aromatic heterocycles. The van der Waals surface area contributed by atoms with Gasteiger partial charge < -0.3 is 24.1 Å². The van der Waals surface area contributed by atoms with Gasteiger partial charge in [0, 0.05) is 30.1 Å². The average Bonchev–Trinajstić information content (AvgIpc) is 2.70. The van der Waals surface area contributed by atoms with E-state index in [0.29, 0.717) is 35.0 Å². The molecule has 1 aliphatic rings. The summed E-state index contributed by atoms with van der Waals surface area (Å²) < 4.78 is 18.1. The number of hydrogen-bond donors (Lipinski definition) is 1. The number of nitrogens with zero attached hydrogens (tertiary/aromatic N) is 1. The summed E-state index contributed by atoms with van der Waals surface area (Å²) in [6, 6.07) is 8.32. The summed E-state index contributed by atoms with van der Waals surface area (Å²) in [5.41, 5.74) is 0.585. The minimum atomic E-state index is -0.545. The quantitative estimate of drug-likeness (QED) is 0.704. The van der Waals surface area contributed by atoms with Gasteiger partial charge in [0.15, 0.2) is 0 Å². The summed E-state index contributed by atoms with van der Waals surface area (Å²) >= 11 is 6.31. The predicted molar refractivity (Wildman–Crippen MR) is 111 cm³/mol. The maximum atomic E-state index is 13.1. The van der Waals surface area contributed by atoms with E-state index < -0.39 is 11.3 Å².